The van der Waals surface area contributed by atoms with Gasteiger partial charge in [-0.2, -0.15) is 9.97 Å². The lowest BCUT2D eigenvalue weighted by Crippen LogP contribution is -2.39. The number of hydrogen-bond acceptors (Lipinski definition) is 12. The van der Waals surface area contributed by atoms with Crippen molar-refractivity contribution in [1.82, 2.24) is 25.3 Å². The number of fused-ring (bicyclic) bond motifs is 1. The molecule has 0 radical (unpaired) electrons. The predicted octanol–water partition coefficient (Wildman–Crippen LogP) is 1.81. The molecule has 0 aliphatic rings. The predicted molar refractivity (Wildman–Crippen MR) is 154 cm³/mol. The number of carboxylic acid groups (broad SMARTS) is 1. The van der Waals surface area contributed by atoms with Crippen molar-refractivity contribution < 1.29 is 29.0 Å². The van der Waals surface area contributed by atoms with Gasteiger partial charge in [0.05, 0.1) is 31.1 Å². The lowest BCUT2D eigenvalue weighted by Gasteiger charge is -2.20. The number of benzene rings is 2. The minimum absolute atomic E-state index is 0.0209. The first kappa shape index (κ1) is 29.6. The summed E-state index contributed by atoms with van der Waals surface area (Å²) in [5.74, 6) is -1.49. The Morgan fingerprint density at radius 2 is 1.76 bits per heavy atom. The molecule has 0 bridgehead atoms. The van der Waals surface area contributed by atoms with Crippen molar-refractivity contribution >= 4 is 46.5 Å². The van der Waals surface area contributed by atoms with Crippen LogP contribution < -0.4 is 26.4 Å². The number of nitrogens with zero attached hydrogens (tertiary/aromatic N) is 5. The molecule has 0 aliphatic heterocycles. The summed E-state index contributed by atoms with van der Waals surface area (Å²) in [5, 5.41) is 11.9. The van der Waals surface area contributed by atoms with E-state index >= 15 is 0 Å². The molecule has 0 aliphatic carbocycles. The number of para-hydroxylation sites is 1. The van der Waals surface area contributed by atoms with Crippen molar-refractivity contribution in [1.29, 1.82) is 0 Å². The van der Waals surface area contributed by atoms with E-state index in [1.807, 2.05) is 11.9 Å². The number of hydrogen-bond donors (Lipinski definition) is 4. The summed E-state index contributed by atoms with van der Waals surface area (Å²) >= 11 is 0. The Labute approximate surface area is 240 Å². The molecule has 218 valence electrons. The summed E-state index contributed by atoms with van der Waals surface area (Å²) in [6.45, 7) is -0.0388. The molecule has 1 amide bonds. The van der Waals surface area contributed by atoms with Crippen LogP contribution in [0, 0.1) is 0 Å². The Bertz CT molecular complexity index is 1550. The van der Waals surface area contributed by atoms with Gasteiger partial charge in [-0.25, -0.2) is 14.8 Å². The van der Waals surface area contributed by atoms with Gasteiger partial charge in [0.2, 0.25) is 5.95 Å². The van der Waals surface area contributed by atoms with E-state index in [1.54, 1.807) is 60.8 Å². The molecule has 14 heteroatoms. The van der Waals surface area contributed by atoms with Crippen LogP contribution in [0.4, 0.5) is 17.5 Å². The van der Waals surface area contributed by atoms with Crippen molar-refractivity contribution in [3.8, 4) is 5.75 Å². The highest BCUT2D eigenvalue weighted by molar-refractivity contribution is 5.94. The molecule has 4 rings (SSSR count). The first-order chi connectivity index (χ1) is 20.2. The highest BCUT2D eigenvalue weighted by atomic mass is 16.6. The monoisotopic (exact) mass is 574 g/mol. The average molecular weight is 575 g/mol. The number of anilines is 3. The molecule has 2 heterocycles. The molecular weight excluding hydrogens is 544 g/mol. The zero-order chi connectivity index (χ0) is 30.1. The summed E-state index contributed by atoms with van der Waals surface area (Å²) in [7, 11) is 1.85. The zero-order valence-corrected chi connectivity index (χ0v) is 22.8. The maximum atomic E-state index is 12.9. The third-order valence-corrected chi connectivity index (χ3v) is 6.03. The molecule has 4 aromatic rings. The van der Waals surface area contributed by atoms with Crippen molar-refractivity contribution in [3.05, 3.63) is 72.1 Å². The van der Waals surface area contributed by atoms with Crippen LogP contribution in [0.1, 0.15) is 28.9 Å². The van der Waals surface area contributed by atoms with Crippen LogP contribution in [0.2, 0.25) is 0 Å². The van der Waals surface area contributed by atoms with E-state index in [-0.39, 0.29) is 37.8 Å². The van der Waals surface area contributed by atoms with Crippen molar-refractivity contribution in [2.45, 2.75) is 25.4 Å². The van der Waals surface area contributed by atoms with Crippen molar-refractivity contribution in [3.63, 3.8) is 0 Å². The van der Waals surface area contributed by atoms with Crippen LogP contribution in [-0.4, -0.2) is 69.2 Å². The molecule has 0 fully saturated rings. The number of ether oxygens (including phenoxy) is 2. The number of carbonyl (C=O) groups is 3. The molecular formula is C28H30N8O6. The van der Waals surface area contributed by atoms with Crippen LogP contribution in [0.15, 0.2) is 60.8 Å². The second-order valence-electron chi connectivity index (χ2n) is 9.31. The Hall–Kier alpha value is -5.37. The number of carboxylic acids is 1. The minimum atomic E-state index is -1.01. The molecule has 0 spiro atoms. The van der Waals surface area contributed by atoms with Gasteiger partial charge in [0.15, 0.2) is 17.0 Å². The second kappa shape index (κ2) is 13.8. The number of nitrogens with one attached hydrogen (secondary N) is 1. The van der Waals surface area contributed by atoms with E-state index in [9.17, 15) is 14.4 Å². The lowest BCUT2D eigenvalue weighted by molar-refractivity contribution is -0.140. The molecule has 14 nitrogen and oxygen atoms in total. The number of esters is 1. The fourth-order valence-electron chi connectivity index (χ4n) is 3.96. The average Bonchev–Trinajstić information content (AvgIpc) is 2.96. The summed E-state index contributed by atoms with van der Waals surface area (Å²) in [6, 6.07) is 14.7. The van der Waals surface area contributed by atoms with Crippen LogP contribution in [0.25, 0.3) is 11.2 Å². The topological polar surface area (TPSA) is 209 Å². The summed E-state index contributed by atoms with van der Waals surface area (Å²) < 4.78 is 10.6. The molecule has 0 saturated heterocycles. The number of aliphatic carboxylic acids is 1. The quantitative estimate of drug-likeness (QED) is 0.133. The molecule has 6 N–H and O–H groups in total. The van der Waals surface area contributed by atoms with Crippen LogP contribution in [0.3, 0.4) is 0 Å². The van der Waals surface area contributed by atoms with Crippen molar-refractivity contribution in [2.75, 3.05) is 36.6 Å². The fraction of sp³-hybridized carbons (Fsp3) is 0.250. The van der Waals surface area contributed by atoms with Gasteiger partial charge in [-0.3, -0.25) is 9.59 Å². The van der Waals surface area contributed by atoms with Gasteiger partial charge in [-0.05, 0) is 42.8 Å². The molecule has 0 saturated carbocycles. The van der Waals surface area contributed by atoms with E-state index in [1.165, 1.54) is 0 Å². The lowest BCUT2D eigenvalue weighted by atomic mass is 10.1. The molecule has 1 unspecified atom stereocenters. The molecule has 1 atom stereocenters. The first-order valence-corrected chi connectivity index (χ1v) is 12.9. The summed E-state index contributed by atoms with van der Waals surface area (Å²) in [6.07, 6.45) is 1.51. The summed E-state index contributed by atoms with van der Waals surface area (Å²) in [4.78, 5) is 54.7. The second-order valence-corrected chi connectivity index (χ2v) is 9.31. The van der Waals surface area contributed by atoms with Gasteiger partial charge < -0.3 is 36.3 Å². The van der Waals surface area contributed by atoms with Gasteiger partial charge >= 0.3 is 11.9 Å². The number of carbonyl (C=O) groups excluding carboxylic acids is 2. The fourth-order valence-corrected chi connectivity index (χ4v) is 3.96. The van der Waals surface area contributed by atoms with Gasteiger partial charge in [-0.15, -0.1) is 0 Å². The highest BCUT2D eigenvalue weighted by Crippen LogP contribution is 2.19. The third-order valence-electron chi connectivity index (χ3n) is 6.03. The Morgan fingerprint density at radius 3 is 2.48 bits per heavy atom. The molecule has 2 aromatic heterocycles. The maximum Gasteiger partial charge on any atom is 0.337 e. The normalized spacial score (nSPS) is 11.5. The number of nitrogen functional groups attached to an aromatic ring is 2. The third kappa shape index (κ3) is 8.32. The number of amides is 1. The Balaban J connectivity index is 1.33. The van der Waals surface area contributed by atoms with E-state index < -0.39 is 23.9 Å². The smallest absolute Gasteiger partial charge is 0.337 e. The first-order valence-electron chi connectivity index (χ1n) is 12.9. The highest BCUT2D eigenvalue weighted by Gasteiger charge is 2.17. The molecule has 42 heavy (non-hydrogen) atoms. The van der Waals surface area contributed by atoms with E-state index in [0.717, 1.165) is 5.69 Å². The Morgan fingerprint density at radius 1 is 1.02 bits per heavy atom. The number of rotatable bonds is 13. The van der Waals surface area contributed by atoms with Gasteiger partial charge in [0.25, 0.3) is 5.91 Å². The van der Waals surface area contributed by atoms with Crippen LogP contribution in [-0.2, 0) is 20.9 Å². The van der Waals surface area contributed by atoms with Gasteiger partial charge in [-0.1, -0.05) is 18.2 Å². The zero-order valence-electron chi connectivity index (χ0n) is 22.8. The van der Waals surface area contributed by atoms with Crippen LogP contribution >= 0.6 is 0 Å². The Kier molecular flexibility index (Phi) is 9.73. The SMILES string of the molecule is CN(Cc1cnc2nc(N)nc(N)c2n1)c1ccc(C(=O)NC(CCC(=O)O)COCC(=O)Oc2ccccc2)cc1. The van der Waals surface area contributed by atoms with E-state index in [2.05, 4.69) is 25.3 Å². The number of aromatic nitrogens is 4. The summed E-state index contributed by atoms with van der Waals surface area (Å²) in [5.41, 5.74) is 14.0. The van der Waals surface area contributed by atoms with Crippen LogP contribution in [0.5, 0.6) is 5.75 Å². The standard InChI is InChI=1S/C28H30N8O6/c1-36(14-19-13-31-26-24(32-19)25(29)34-28(30)35-26)20-10-7-17(8-11-20)27(40)33-18(9-12-22(37)38)15-41-16-23(39)42-21-5-3-2-4-6-21/h2-8,10-11,13,18H,9,12,14-16H2,1H3,(H,33,40)(H,37,38)(H4,29,30,31,34,35). The molecule has 2 aromatic carbocycles. The largest absolute Gasteiger partial charge is 0.481 e. The van der Waals surface area contributed by atoms with E-state index in [4.69, 9.17) is 26.0 Å². The van der Waals surface area contributed by atoms with Crippen molar-refractivity contribution in [2.24, 2.45) is 0 Å². The maximum absolute atomic E-state index is 12.9. The minimum Gasteiger partial charge on any atom is -0.481 e. The van der Waals surface area contributed by atoms with Gasteiger partial charge in [0.1, 0.15) is 12.4 Å². The van der Waals surface area contributed by atoms with Gasteiger partial charge in [0, 0.05) is 24.7 Å². The number of nitrogens with two attached hydrogens (primary N) is 2. The van der Waals surface area contributed by atoms with E-state index in [0.29, 0.717) is 34.7 Å².